The largest absolute Gasteiger partial charge is 0.232 e. The van der Waals surface area contributed by atoms with Gasteiger partial charge in [-0.05, 0) is 561 Å². The van der Waals surface area contributed by atoms with E-state index in [1.54, 1.807) is 0 Å². The van der Waals surface area contributed by atoms with Crippen LogP contribution in [0.25, 0.3) is 0 Å². The fourth-order valence-corrected chi connectivity index (χ4v) is 47.3. The molecule has 36 aliphatic rings. The van der Waals surface area contributed by atoms with Gasteiger partial charge in [-0.3, -0.25) is 0 Å². The first-order valence-electron chi connectivity index (χ1n) is 55.1. The Hall–Kier alpha value is -0.820. The molecule has 0 radical (unpaired) electrons. The summed E-state index contributed by atoms with van der Waals surface area (Å²) in [6.07, 6.45) is 70.0. The molecule has 30 bridgehead atoms. The maximum Gasteiger partial charge on any atom is 0.154 e. The van der Waals surface area contributed by atoms with Gasteiger partial charge in [0.05, 0.1) is 63.3 Å². The molecule has 0 aromatic rings. The zero-order valence-electron chi connectivity index (χ0n) is 79.0. The summed E-state index contributed by atoms with van der Waals surface area (Å²) < 4.78 is 170. The lowest BCUT2D eigenvalue weighted by atomic mass is 9.58. The van der Waals surface area contributed by atoms with E-state index in [2.05, 4.69) is 19.1 Å². The molecule has 12 nitrogen and oxygen atoms in total. The van der Waals surface area contributed by atoms with Crippen LogP contribution in [0.15, 0.2) is 23.3 Å². The molecule has 0 amide bonds. The molecule has 27 fully saturated rings. The molecule has 6 unspecified atom stereocenters. The van der Waals surface area contributed by atoms with Gasteiger partial charge in [-0.2, -0.15) is 0 Å². The van der Waals surface area contributed by atoms with Crippen molar-refractivity contribution in [3.8, 4) is 0 Å². The van der Waals surface area contributed by atoms with Crippen molar-refractivity contribution in [3.05, 3.63) is 23.3 Å². The number of rotatable bonds is 4. The summed E-state index contributed by atoms with van der Waals surface area (Å²) in [7, 11) is -18.6. The highest BCUT2D eigenvalue weighted by Crippen LogP contribution is 2.59. The Balaban J connectivity index is 0.589. The van der Waals surface area contributed by atoms with E-state index in [1.807, 2.05) is 0 Å². The standard InChI is InChI=1S/C108H178O12S6/c1-73-2-26-85(27-3-73)97-50-99-54-100(51-97)88-32-8-76(9-33-88)64-123(113,114)68-80-16-40-92(41-17-80)104-57-106-61-108(59-104)96-48-24-84(25-49-96)72-126(119,120)71-83-22-46-95(47-23-83)107-58-103(91-38-14-79(15-39-91)67-122(111,112)63-75-6-30-87(99)31-7-75)56-105(60-107)93-42-18-81(19-43-93)69-124(115,116)65-77-10-34-89(35-11-77)101-52-98(86-28-4-74(5-29-86)62-121(109)110)53-102(55-101)90-36-12-78(13-37-90)66-125(117,118)70-82-20-44-94(106)45-21-82/h10,34,73-76,78-88,90-108,121H,2-9,11-33,35-72H2,1H3/t73-,74-,75-,76-,78?,79-,80-,81-,82?,83-,84-,85+,86+,87+,88+,90?,91+,92+,93+,94?,95+,96+,97-,98-,99?,100?,101+,102?,103?,104-,105+,106?,107?,108-/m0/s1. The van der Waals surface area contributed by atoms with Crippen molar-refractivity contribution in [2.45, 2.75) is 379 Å². The van der Waals surface area contributed by atoms with E-state index in [-0.39, 0.29) is 70.7 Å². The Morgan fingerprint density at radius 1 is 0.222 bits per heavy atom. The second-order valence-electron chi connectivity index (χ2n) is 50.7. The number of sulfone groups is 5. The minimum Gasteiger partial charge on any atom is -0.232 e. The first kappa shape index (κ1) is 95.5. The normalized spacial score (nSPS) is 47.3. The number of hydrogen-bond donors (Lipinski definition) is 1. The van der Waals surface area contributed by atoms with Crippen molar-refractivity contribution in [1.82, 2.24) is 0 Å². The SMILES string of the molecule is C[C@H]1CC[C@@H]([C@H]2CC3CC(C2)[C@H]2CC[C@H](CC2)CS(=O)(=O)C[C@@H]2CC[C@@H](CC2)[C@H]2CC4C[C@H](C2)[C@H]2CC[C@H](CC2)CS(=O)(=O)C[C@@H]2CC[C@@H](CC2)C2CC(C[C@H](C2)[C@H]2CC[C@H](CC2)CS(=O)(=O)CC2=CC=C(CC2)[C@H]2CC(C[C@@H]([C@H]5CC[C@@H](C[SH](=O)=O)CC5)C2)C2CCC(CC2)CS(=O)(=O)CC2CCC4CC2)[C@H]2CC[C@H](CC2)CS(=O)(=O)C[C@@H]2CC[C@H]3CC2)CC1. The molecule has 0 N–H and O–H groups in total. The minimum atomic E-state index is -3.33. The highest BCUT2D eigenvalue weighted by Gasteiger charge is 2.50. The molecule has 0 aromatic heterocycles. The van der Waals surface area contributed by atoms with Crippen LogP contribution in [-0.2, 0) is 59.9 Å². The predicted octanol–water partition coefficient (Wildman–Crippen LogP) is 24.4. The van der Waals surface area contributed by atoms with Gasteiger partial charge in [0.25, 0.3) is 0 Å². The maximum atomic E-state index is 14.7. The zero-order valence-corrected chi connectivity index (χ0v) is 83.9. The molecule has 0 aromatic carbocycles. The highest BCUT2D eigenvalue weighted by molar-refractivity contribution is 7.92. The van der Waals surface area contributed by atoms with Crippen molar-refractivity contribution in [1.29, 1.82) is 0 Å². The quantitative estimate of drug-likeness (QED) is 0.261. The Labute approximate surface area is 771 Å². The number of allylic oxidation sites excluding steroid dienone is 3. The van der Waals surface area contributed by atoms with Crippen LogP contribution in [0, 0.1) is 201 Å². The Morgan fingerprint density at radius 2 is 0.413 bits per heavy atom. The van der Waals surface area contributed by atoms with E-state index in [9.17, 15) is 50.5 Å². The van der Waals surface area contributed by atoms with Crippen molar-refractivity contribution in [2.24, 2.45) is 201 Å². The van der Waals surface area contributed by atoms with Gasteiger partial charge >= 0.3 is 0 Å². The molecule has 18 heteroatoms. The van der Waals surface area contributed by atoms with Crippen LogP contribution >= 0.6 is 0 Å². The molecule has 15 saturated carbocycles. The Kier molecular flexibility index (Phi) is 32.0. The highest BCUT2D eigenvalue weighted by atomic mass is 32.2. The van der Waals surface area contributed by atoms with Crippen LogP contribution in [-0.4, -0.2) is 114 Å². The van der Waals surface area contributed by atoms with E-state index < -0.39 is 59.9 Å². The molecule has 20 aliphatic heterocycles. The van der Waals surface area contributed by atoms with Crippen LogP contribution in [0.1, 0.15) is 379 Å². The Morgan fingerprint density at radius 3 is 0.611 bits per heavy atom. The topological polar surface area (TPSA) is 205 Å². The van der Waals surface area contributed by atoms with E-state index in [0.29, 0.717) is 164 Å². The third-order valence-corrected chi connectivity index (χ3v) is 53.0. The second kappa shape index (κ2) is 42.2. The smallest absolute Gasteiger partial charge is 0.154 e. The molecule has 0 spiro atoms. The van der Waals surface area contributed by atoms with E-state index in [0.717, 1.165) is 279 Å². The molecule has 20 heterocycles. The summed E-state index contributed by atoms with van der Waals surface area (Å²) in [6.45, 7) is 2.47. The van der Waals surface area contributed by atoms with Crippen molar-refractivity contribution >= 4 is 59.9 Å². The van der Waals surface area contributed by atoms with Crippen molar-refractivity contribution < 1.29 is 50.5 Å². The van der Waals surface area contributed by atoms with Crippen LogP contribution in [0.2, 0.25) is 0 Å². The molecule has 126 heavy (non-hydrogen) atoms. The second-order valence-corrected chi connectivity index (χ2v) is 62.4. The molecule has 718 valence electrons. The summed E-state index contributed by atoms with van der Waals surface area (Å²) >= 11 is 0. The van der Waals surface area contributed by atoms with Gasteiger partial charge in [0.15, 0.2) is 49.2 Å². The summed E-state index contributed by atoms with van der Waals surface area (Å²) in [5, 5.41) is 0. The van der Waals surface area contributed by atoms with Crippen LogP contribution < -0.4 is 0 Å². The summed E-state index contributed by atoms with van der Waals surface area (Å²) in [5.41, 5.74) is 2.57. The van der Waals surface area contributed by atoms with Gasteiger partial charge in [-0.1, -0.05) is 43.1 Å². The van der Waals surface area contributed by atoms with Crippen molar-refractivity contribution in [3.63, 3.8) is 0 Å². The lowest BCUT2D eigenvalue weighted by Crippen LogP contribution is -2.39. The first-order valence-corrected chi connectivity index (χ1v) is 65.6. The third-order valence-electron chi connectivity index (χ3n) is 42.5. The maximum absolute atomic E-state index is 14.7. The monoisotopic (exact) mass is 1860 g/mol. The third kappa shape index (κ3) is 25.4. The fourth-order valence-electron chi connectivity index (χ4n) is 35.6. The van der Waals surface area contributed by atoms with E-state index >= 15 is 0 Å². The molecule has 12 saturated heterocycles. The lowest BCUT2D eigenvalue weighted by Gasteiger charge is -2.48. The minimum absolute atomic E-state index is 0.158. The van der Waals surface area contributed by atoms with Gasteiger partial charge in [0.1, 0.15) is 10.7 Å². The molecular weight excluding hydrogens is 1680 g/mol. The number of hydrogen-bond acceptors (Lipinski definition) is 12. The average molecular weight is 1860 g/mol. The van der Waals surface area contributed by atoms with Gasteiger partial charge in [-0.25, -0.2) is 50.5 Å². The zero-order chi connectivity index (χ0) is 87.1. The summed E-state index contributed by atoms with van der Waals surface area (Å²) in [4.78, 5) is 0. The van der Waals surface area contributed by atoms with Gasteiger partial charge in [-0.15, -0.1) is 0 Å². The van der Waals surface area contributed by atoms with Gasteiger partial charge < -0.3 is 0 Å². The average Bonchev–Trinajstić information content (AvgIpc) is 0.800. The molecular formula is C108H178O12S6. The Bertz CT molecular complexity index is 4220. The van der Waals surface area contributed by atoms with E-state index in [1.165, 1.54) is 134 Å². The van der Waals surface area contributed by atoms with Crippen molar-refractivity contribution in [2.75, 3.05) is 63.3 Å². The molecule has 12 atom stereocenters. The summed E-state index contributed by atoms with van der Waals surface area (Å²) in [6, 6.07) is 0. The van der Waals surface area contributed by atoms with E-state index in [4.69, 9.17) is 0 Å². The van der Waals surface area contributed by atoms with Crippen LogP contribution in [0.5, 0.6) is 0 Å². The van der Waals surface area contributed by atoms with Crippen LogP contribution in [0.4, 0.5) is 0 Å². The molecule has 16 aliphatic carbocycles. The van der Waals surface area contributed by atoms with Gasteiger partial charge in [0, 0.05) is 0 Å². The lowest BCUT2D eigenvalue weighted by molar-refractivity contribution is 0.0344. The first-order chi connectivity index (χ1) is 60.6. The fraction of sp³-hybridized carbons (Fsp3) is 0.963. The van der Waals surface area contributed by atoms with Gasteiger partial charge in [0.2, 0.25) is 0 Å². The molecule has 36 rings (SSSR count). The van der Waals surface area contributed by atoms with Crippen LogP contribution in [0.3, 0.4) is 0 Å². The predicted molar refractivity (Wildman–Crippen MR) is 517 cm³/mol. The number of thiol groups is 1. The summed E-state index contributed by atoms with van der Waals surface area (Å²) in [5.74, 6) is 21.6.